The Morgan fingerprint density at radius 2 is 1.25 bits per heavy atom. The Bertz CT molecular complexity index is 446. The molecule has 0 fully saturated rings. The zero-order valence-electron chi connectivity index (χ0n) is 9.09. The smallest absolute Gasteiger partial charge is 0.115 e. The third kappa shape index (κ3) is 2.16. The monoisotopic (exact) mass is 214 g/mol. The predicted octanol–water partition coefficient (Wildman–Crippen LogP) is 3.25. The highest BCUT2D eigenvalue weighted by Crippen LogP contribution is 2.28. The van der Waals surface area contributed by atoms with E-state index in [1.807, 2.05) is 31.2 Å². The summed E-state index contributed by atoms with van der Waals surface area (Å²) >= 11 is 0. The number of rotatable bonds is 2. The molecule has 0 aliphatic carbocycles. The van der Waals surface area contributed by atoms with Gasteiger partial charge in [-0.25, -0.2) is 0 Å². The maximum Gasteiger partial charge on any atom is 0.115 e. The second kappa shape index (κ2) is 4.27. The first kappa shape index (κ1) is 10.6. The highest BCUT2D eigenvalue weighted by molar-refractivity contribution is 5.38. The fraction of sp³-hybridized carbons (Fsp3) is 0.143. The van der Waals surface area contributed by atoms with E-state index in [1.165, 1.54) is 0 Å². The Labute approximate surface area is 94.8 Å². The van der Waals surface area contributed by atoms with E-state index >= 15 is 0 Å². The van der Waals surface area contributed by atoms with Gasteiger partial charge in [0.25, 0.3) is 0 Å². The van der Waals surface area contributed by atoms with Crippen molar-refractivity contribution in [1.82, 2.24) is 0 Å². The summed E-state index contributed by atoms with van der Waals surface area (Å²) in [6.45, 7) is 2.05. The van der Waals surface area contributed by atoms with Crippen LogP contribution in [-0.2, 0) is 0 Å². The van der Waals surface area contributed by atoms with Gasteiger partial charge in [0, 0.05) is 5.92 Å². The normalized spacial score (nSPS) is 10.6. The van der Waals surface area contributed by atoms with Crippen LogP contribution in [0.5, 0.6) is 11.5 Å². The molecular formula is C14H14O2. The molecule has 82 valence electrons. The van der Waals surface area contributed by atoms with E-state index in [2.05, 4.69) is 0 Å². The van der Waals surface area contributed by atoms with Crippen molar-refractivity contribution in [2.24, 2.45) is 0 Å². The third-order valence-electron chi connectivity index (χ3n) is 2.74. The van der Waals surface area contributed by atoms with Gasteiger partial charge in [-0.2, -0.15) is 0 Å². The van der Waals surface area contributed by atoms with Crippen LogP contribution in [0.25, 0.3) is 0 Å². The second-order valence-corrected chi connectivity index (χ2v) is 3.91. The zero-order valence-corrected chi connectivity index (χ0v) is 9.09. The first-order chi connectivity index (χ1) is 7.66. The van der Waals surface area contributed by atoms with E-state index in [1.54, 1.807) is 24.3 Å². The largest absolute Gasteiger partial charge is 0.508 e. The third-order valence-corrected chi connectivity index (χ3v) is 2.74. The molecule has 0 bridgehead atoms. The number of phenols is 2. The summed E-state index contributed by atoms with van der Waals surface area (Å²) in [7, 11) is 0. The van der Waals surface area contributed by atoms with Gasteiger partial charge in [-0.3, -0.25) is 0 Å². The van der Waals surface area contributed by atoms with Gasteiger partial charge >= 0.3 is 0 Å². The minimum Gasteiger partial charge on any atom is -0.508 e. The SMILES string of the molecule is CC(c1cccc(O)c1)c1cccc(O)c1. The van der Waals surface area contributed by atoms with Gasteiger partial charge < -0.3 is 10.2 Å². The van der Waals surface area contributed by atoms with E-state index in [-0.39, 0.29) is 17.4 Å². The molecule has 0 spiro atoms. The Morgan fingerprint density at radius 1 is 0.812 bits per heavy atom. The molecule has 2 aromatic carbocycles. The van der Waals surface area contributed by atoms with Crippen molar-refractivity contribution in [2.75, 3.05) is 0 Å². The average Bonchev–Trinajstić information content (AvgIpc) is 2.28. The second-order valence-electron chi connectivity index (χ2n) is 3.91. The molecule has 0 aliphatic rings. The Hall–Kier alpha value is -1.96. The first-order valence-corrected chi connectivity index (χ1v) is 5.24. The molecule has 0 heterocycles. The van der Waals surface area contributed by atoms with Crippen LogP contribution in [0.4, 0.5) is 0 Å². The van der Waals surface area contributed by atoms with Crippen LogP contribution in [-0.4, -0.2) is 10.2 Å². The van der Waals surface area contributed by atoms with E-state index in [0.29, 0.717) is 0 Å². The molecule has 0 amide bonds. The maximum absolute atomic E-state index is 9.41. The molecule has 0 atom stereocenters. The topological polar surface area (TPSA) is 40.5 Å². The number of benzene rings is 2. The van der Waals surface area contributed by atoms with Crippen LogP contribution >= 0.6 is 0 Å². The maximum atomic E-state index is 9.41. The Balaban J connectivity index is 2.35. The molecule has 2 heteroatoms. The van der Waals surface area contributed by atoms with Crippen molar-refractivity contribution < 1.29 is 10.2 Å². The summed E-state index contributed by atoms with van der Waals surface area (Å²) in [5.41, 5.74) is 2.07. The molecule has 0 saturated heterocycles. The average molecular weight is 214 g/mol. The molecule has 0 radical (unpaired) electrons. The summed E-state index contributed by atoms with van der Waals surface area (Å²) in [6, 6.07) is 14.4. The van der Waals surface area contributed by atoms with Crippen LogP contribution in [0, 0.1) is 0 Å². The molecule has 2 nitrogen and oxygen atoms in total. The molecule has 0 unspecified atom stereocenters. The molecule has 16 heavy (non-hydrogen) atoms. The zero-order chi connectivity index (χ0) is 11.5. The minimum absolute atomic E-state index is 0.152. The molecule has 2 rings (SSSR count). The van der Waals surface area contributed by atoms with Crippen LogP contribution < -0.4 is 0 Å². The molecular weight excluding hydrogens is 200 g/mol. The van der Waals surface area contributed by atoms with Crippen molar-refractivity contribution in [1.29, 1.82) is 0 Å². The quantitative estimate of drug-likeness (QED) is 0.805. The lowest BCUT2D eigenvalue weighted by Crippen LogP contribution is -1.95. The van der Waals surface area contributed by atoms with Gasteiger partial charge in [0.15, 0.2) is 0 Å². The summed E-state index contributed by atoms with van der Waals surface area (Å²) in [4.78, 5) is 0. The van der Waals surface area contributed by atoms with Crippen LogP contribution in [0.2, 0.25) is 0 Å². The van der Waals surface area contributed by atoms with Crippen molar-refractivity contribution in [3.63, 3.8) is 0 Å². The van der Waals surface area contributed by atoms with E-state index in [4.69, 9.17) is 0 Å². The lowest BCUT2D eigenvalue weighted by molar-refractivity contribution is 0.473. The predicted molar refractivity (Wildman–Crippen MR) is 63.7 cm³/mol. The molecule has 2 N–H and O–H groups in total. The van der Waals surface area contributed by atoms with Gasteiger partial charge in [0.05, 0.1) is 0 Å². The molecule has 0 aromatic heterocycles. The number of hydrogen-bond acceptors (Lipinski definition) is 2. The van der Waals surface area contributed by atoms with Crippen LogP contribution in [0.15, 0.2) is 48.5 Å². The number of phenolic OH excluding ortho intramolecular Hbond substituents is 2. The fourth-order valence-corrected chi connectivity index (χ4v) is 1.78. The summed E-state index contributed by atoms with van der Waals surface area (Å²) in [5, 5.41) is 18.8. The summed E-state index contributed by atoms with van der Waals surface area (Å²) in [5.74, 6) is 0.688. The molecule has 0 saturated carbocycles. The lowest BCUT2D eigenvalue weighted by Gasteiger charge is -2.12. The van der Waals surface area contributed by atoms with Crippen molar-refractivity contribution in [3.05, 3.63) is 59.7 Å². The number of hydrogen-bond donors (Lipinski definition) is 2. The standard InChI is InChI=1S/C14H14O2/c1-10(11-4-2-6-13(15)8-11)12-5-3-7-14(16)9-12/h2-10,15-16H,1H3. The fourth-order valence-electron chi connectivity index (χ4n) is 1.78. The molecule has 2 aromatic rings. The van der Waals surface area contributed by atoms with E-state index in [9.17, 15) is 10.2 Å². The Kier molecular flexibility index (Phi) is 2.82. The van der Waals surface area contributed by atoms with E-state index in [0.717, 1.165) is 11.1 Å². The lowest BCUT2D eigenvalue weighted by atomic mass is 9.93. The molecule has 0 aliphatic heterocycles. The van der Waals surface area contributed by atoms with Gasteiger partial charge in [-0.15, -0.1) is 0 Å². The van der Waals surface area contributed by atoms with Crippen LogP contribution in [0.1, 0.15) is 24.0 Å². The van der Waals surface area contributed by atoms with Gasteiger partial charge in [0.1, 0.15) is 11.5 Å². The van der Waals surface area contributed by atoms with Gasteiger partial charge in [0.2, 0.25) is 0 Å². The Morgan fingerprint density at radius 3 is 1.62 bits per heavy atom. The van der Waals surface area contributed by atoms with Gasteiger partial charge in [-0.05, 0) is 35.4 Å². The first-order valence-electron chi connectivity index (χ1n) is 5.24. The summed E-state index contributed by atoms with van der Waals surface area (Å²) in [6.07, 6.45) is 0. The highest BCUT2D eigenvalue weighted by Gasteiger charge is 2.09. The van der Waals surface area contributed by atoms with Gasteiger partial charge in [-0.1, -0.05) is 31.2 Å². The van der Waals surface area contributed by atoms with Crippen molar-refractivity contribution >= 4 is 0 Å². The van der Waals surface area contributed by atoms with E-state index < -0.39 is 0 Å². The minimum atomic E-state index is 0.152. The van der Waals surface area contributed by atoms with Crippen molar-refractivity contribution in [2.45, 2.75) is 12.8 Å². The summed E-state index contributed by atoms with van der Waals surface area (Å²) < 4.78 is 0. The number of aromatic hydroxyl groups is 2. The van der Waals surface area contributed by atoms with Crippen LogP contribution in [0.3, 0.4) is 0 Å². The highest BCUT2D eigenvalue weighted by atomic mass is 16.3. The van der Waals surface area contributed by atoms with Crippen molar-refractivity contribution in [3.8, 4) is 11.5 Å².